The van der Waals surface area contributed by atoms with Gasteiger partial charge in [0.15, 0.2) is 16.8 Å². The molecule has 0 saturated carbocycles. The predicted molar refractivity (Wildman–Crippen MR) is 90.0 cm³/mol. The first-order chi connectivity index (χ1) is 11.7. The van der Waals surface area contributed by atoms with E-state index >= 15 is 0 Å². The van der Waals surface area contributed by atoms with Gasteiger partial charge in [0.1, 0.15) is 16.8 Å². The van der Waals surface area contributed by atoms with Gasteiger partial charge in [0.2, 0.25) is 0 Å². The van der Waals surface area contributed by atoms with Crippen LogP contribution in [0.1, 0.15) is 5.56 Å². The highest BCUT2D eigenvalue weighted by atomic mass is 35.5. The topological polar surface area (TPSA) is 81.5 Å². The van der Waals surface area contributed by atoms with Gasteiger partial charge in [-0.2, -0.15) is 5.10 Å². The van der Waals surface area contributed by atoms with E-state index in [1.165, 1.54) is 0 Å². The number of H-pyrrole nitrogens is 1. The van der Waals surface area contributed by atoms with E-state index in [1.807, 2.05) is 30.5 Å². The second-order valence-corrected chi connectivity index (χ2v) is 5.54. The smallest absolute Gasteiger partial charge is 0.197 e. The fraction of sp³-hybridized carbons (Fsp3) is 0.125. The van der Waals surface area contributed by atoms with Gasteiger partial charge in [0.25, 0.3) is 0 Å². The highest BCUT2D eigenvalue weighted by molar-refractivity contribution is 6.33. The number of nitrogens with one attached hydrogen (secondary N) is 1. The third kappa shape index (κ3) is 2.69. The molecule has 120 valence electrons. The van der Waals surface area contributed by atoms with Crippen molar-refractivity contribution in [3.8, 4) is 17.4 Å². The molecule has 3 heterocycles. The minimum Gasteiger partial charge on any atom is -0.497 e. The number of rotatable bonds is 4. The minimum absolute atomic E-state index is 0.305. The van der Waals surface area contributed by atoms with Crippen molar-refractivity contribution in [1.82, 2.24) is 29.7 Å². The van der Waals surface area contributed by atoms with E-state index < -0.39 is 0 Å². The Morgan fingerprint density at radius 2 is 2.04 bits per heavy atom. The van der Waals surface area contributed by atoms with Gasteiger partial charge >= 0.3 is 0 Å². The normalized spacial score (nSPS) is 11.1. The first-order valence-corrected chi connectivity index (χ1v) is 7.64. The number of hydrogen-bond donors (Lipinski definition) is 1. The maximum atomic E-state index is 6.25. The third-order valence-electron chi connectivity index (χ3n) is 3.58. The standard InChI is InChI=1S/C16H13ClN6O/c1-24-11-4-2-10(3-5-11)8-23-9-12-13(22-23)14(17)21-16(20-12)15-18-6-7-19-15/h2-7,9H,8H2,1H3,(H,18,19). The summed E-state index contributed by atoms with van der Waals surface area (Å²) in [6.45, 7) is 0.604. The highest BCUT2D eigenvalue weighted by Crippen LogP contribution is 2.22. The molecule has 0 fully saturated rings. The summed E-state index contributed by atoms with van der Waals surface area (Å²) in [5.41, 5.74) is 2.34. The Bertz CT molecular complexity index is 978. The molecular weight excluding hydrogens is 328 g/mol. The zero-order valence-electron chi connectivity index (χ0n) is 12.8. The monoisotopic (exact) mass is 340 g/mol. The molecule has 24 heavy (non-hydrogen) atoms. The fourth-order valence-corrected chi connectivity index (χ4v) is 2.63. The number of halogens is 1. The van der Waals surface area contributed by atoms with Gasteiger partial charge in [0.05, 0.1) is 19.9 Å². The van der Waals surface area contributed by atoms with Crippen LogP contribution in [-0.2, 0) is 6.54 Å². The van der Waals surface area contributed by atoms with E-state index in [2.05, 4.69) is 25.0 Å². The van der Waals surface area contributed by atoms with Crippen molar-refractivity contribution < 1.29 is 4.74 Å². The maximum absolute atomic E-state index is 6.25. The Kier molecular flexibility index (Phi) is 3.62. The van der Waals surface area contributed by atoms with Gasteiger partial charge < -0.3 is 9.72 Å². The fourth-order valence-electron chi connectivity index (χ4n) is 2.42. The first-order valence-electron chi connectivity index (χ1n) is 7.26. The van der Waals surface area contributed by atoms with Crippen LogP contribution in [0.15, 0.2) is 42.9 Å². The summed E-state index contributed by atoms with van der Waals surface area (Å²) in [5, 5.41) is 4.78. The summed E-state index contributed by atoms with van der Waals surface area (Å²) in [5.74, 6) is 1.84. The summed E-state index contributed by atoms with van der Waals surface area (Å²) in [7, 11) is 1.65. The molecule has 1 aromatic carbocycles. The number of nitrogens with zero attached hydrogens (tertiary/aromatic N) is 5. The molecule has 0 aliphatic carbocycles. The highest BCUT2D eigenvalue weighted by Gasteiger charge is 2.13. The lowest BCUT2D eigenvalue weighted by Crippen LogP contribution is -1.99. The number of methoxy groups -OCH3 is 1. The summed E-state index contributed by atoms with van der Waals surface area (Å²) in [6, 6.07) is 7.82. The van der Waals surface area contributed by atoms with Crippen LogP contribution in [0.3, 0.4) is 0 Å². The average Bonchev–Trinajstić information content (AvgIpc) is 3.25. The van der Waals surface area contributed by atoms with Gasteiger partial charge in [0, 0.05) is 12.4 Å². The van der Waals surface area contributed by atoms with Gasteiger partial charge in [-0.3, -0.25) is 4.68 Å². The van der Waals surface area contributed by atoms with Crippen LogP contribution in [0.25, 0.3) is 22.7 Å². The summed E-state index contributed by atoms with van der Waals surface area (Å²) in [6.07, 6.45) is 5.20. The quantitative estimate of drug-likeness (QED) is 0.578. The van der Waals surface area contributed by atoms with Gasteiger partial charge in [-0.15, -0.1) is 0 Å². The van der Waals surface area contributed by atoms with Crippen molar-refractivity contribution in [2.75, 3.05) is 7.11 Å². The van der Waals surface area contributed by atoms with E-state index in [9.17, 15) is 0 Å². The van der Waals surface area contributed by atoms with Crippen LogP contribution in [0.4, 0.5) is 0 Å². The van der Waals surface area contributed by atoms with E-state index in [0.717, 1.165) is 11.3 Å². The molecule has 0 aliphatic heterocycles. The first kappa shape index (κ1) is 14.6. The van der Waals surface area contributed by atoms with Crippen LogP contribution in [0, 0.1) is 0 Å². The van der Waals surface area contributed by atoms with Crippen molar-refractivity contribution in [2.24, 2.45) is 0 Å². The number of fused-ring (bicyclic) bond motifs is 1. The number of imidazole rings is 1. The second kappa shape index (κ2) is 5.93. The summed E-state index contributed by atoms with van der Waals surface area (Å²) in [4.78, 5) is 15.8. The van der Waals surface area contributed by atoms with E-state index in [0.29, 0.717) is 34.4 Å². The molecule has 0 radical (unpaired) electrons. The molecule has 4 aromatic rings. The molecule has 3 aromatic heterocycles. The number of aromatic nitrogens is 6. The lowest BCUT2D eigenvalue weighted by Gasteiger charge is -2.03. The van der Waals surface area contributed by atoms with Crippen LogP contribution in [0.2, 0.25) is 5.15 Å². The maximum Gasteiger partial charge on any atom is 0.197 e. The Balaban J connectivity index is 1.68. The van der Waals surface area contributed by atoms with Crippen molar-refractivity contribution in [1.29, 1.82) is 0 Å². The molecule has 1 N–H and O–H groups in total. The van der Waals surface area contributed by atoms with Crippen molar-refractivity contribution in [3.63, 3.8) is 0 Å². The van der Waals surface area contributed by atoms with E-state index in [1.54, 1.807) is 24.2 Å². The Hall–Kier alpha value is -2.93. The SMILES string of the molecule is COc1ccc(Cn2cc3nc(-c4ncc[nH]4)nc(Cl)c3n2)cc1. The van der Waals surface area contributed by atoms with Crippen LogP contribution in [0.5, 0.6) is 5.75 Å². The molecule has 0 bridgehead atoms. The molecule has 0 spiro atoms. The van der Waals surface area contributed by atoms with E-state index in [-0.39, 0.29) is 0 Å². The third-order valence-corrected chi connectivity index (χ3v) is 3.85. The van der Waals surface area contributed by atoms with Crippen molar-refractivity contribution in [3.05, 3.63) is 53.6 Å². The van der Waals surface area contributed by atoms with E-state index in [4.69, 9.17) is 16.3 Å². The van der Waals surface area contributed by atoms with Crippen LogP contribution >= 0.6 is 11.6 Å². The van der Waals surface area contributed by atoms with Crippen LogP contribution in [-0.4, -0.2) is 36.8 Å². The molecule has 0 aliphatic rings. The van der Waals surface area contributed by atoms with Gasteiger partial charge in [-0.05, 0) is 17.7 Å². The molecule has 0 amide bonds. The molecule has 0 saturated heterocycles. The Morgan fingerprint density at radius 3 is 2.75 bits per heavy atom. The number of ether oxygens (including phenoxy) is 1. The summed E-state index contributed by atoms with van der Waals surface area (Å²) < 4.78 is 6.96. The largest absolute Gasteiger partial charge is 0.497 e. The van der Waals surface area contributed by atoms with Gasteiger partial charge in [-0.25, -0.2) is 15.0 Å². The number of benzene rings is 1. The minimum atomic E-state index is 0.305. The zero-order valence-corrected chi connectivity index (χ0v) is 13.5. The predicted octanol–water partition coefficient (Wildman–Crippen LogP) is 2.93. The lowest BCUT2D eigenvalue weighted by atomic mass is 10.2. The zero-order chi connectivity index (χ0) is 16.5. The van der Waals surface area contributed by atoms with Gasteiger partial charge in [-0.1, -0.05) is 23.7 Å². The molecule has 4 rings (SSSR count). The number of aromatic amines is 1. The van der Waals surface area contributed by atoms with Crippen LogP contribution < -0.4 is 4.74 Å². The average molecular weight is 341 g/mol. The van der Waals surface area contributed by atoms with Crippen molar-refractivity contribution in [2.45, 2.75) is 6.54 Å². The Morgan fingerprint density at radius 1 is 1.21 bits per heavy atom. The Labute approximate surface area is 142 Å². The molecule has 0 unspecified atom stereocenters. The molecular formula is C16H13ClN6O. The molecule has 7 nitrogen and oxygen atoms in total. The second-order valence-electron chi connectivity index (χ2n) is 5.18. The summed E-state index contributed by atoms with van der Waals surface area (Å²) >= 11 is 6.25. The molecule has 0 atom stereocenters. The van der Waals surface area contributed by atoms with Crippen molar-refractivity contribution >= 4 is 22.6 Å². The number of hydrogen-bond acceptors (Lipinski definition) is 5. The lowest BCUT2D eigenvalue weighted by molar-refractivity contribution is 0.414. The molecule has 8 heteroatoms.